The third-order valence-corrected chi connectivity index (χ3v) is 13.6. The fourth-order valence-corrected chi connectivity index (χ4v) is 8.87. The molecule has 404 valence electrons. The number of allylic oxidation sites excluding steroid dienone is 8. The predicted molar refractivity (Wildman–Crippen MR) is 284 cm³/mol. The van der Waals surface area contributed by atoms with Crippen LogP contribution in [-0.4, -0.2) is 110 Å². The molecule has 1 heterocycles. The Morgan fingerprint density at radius 3 is 1.33 bits per heavy atom. The van der Waals surface area contributed by atoms with Gasteiger partial charge in [0.15, 0.2) is 6.29 Å². The maximum Gasteiger partial charge on any atom is 0.249 e. The Labute approximate surface area is 421 Å². The lowest BCUT2D eigenvalue weighted by molar-refractivity contribution is -0.303. The van der Waals surface area contributed by atoms with Crippen LogP contribution < -0.4 is 5.32 Å². The summed E-state index contributed by atoms with van der Waals surface area (Å²) in [6, 6.07) is -1.20. The highest BCUT2D eigenvalue weighted by atomic mass is 16.7. The summed E-state index contributed by atoms with van der Waals surface area (Å²) in [5.74, 6) is -0.725. The number of carbonyl (C=O) groups is 1. The van der Waals surface area contributed by atoms with E-state index in [9.17, 15) is 40.5 Å². The highest BCUT2D eigenvalue weighted by Crippen LogP contribution is 2.23. The molecule has 1 aliphatic rings. The molecule has 0 aromatic carbocycles. The topological polar surface area (TPSA) is 189 Å². The number of aliphatic hydroxyl groups excluding tert-OH is 7. The number of rotatable bonds is 48. The molecule has 0 radical (unpaired) electrons. The van der Waals surface area contributed by atoms with Crippen molar-refractivity contribution in [1.82, 2.24) is 5.32 Å². The van der Waals surface area contributed by atoms with E-state index in [4.69, 9.17) is 9.47 Å². The Morgan fingerprint density at radius 2 is 0.884 bits per heavy atom. The number of carbonyl (C=O) groups excluding carboxylic acids is 1. The summed E-state index contributed by atoms with van der Waals surface area (Å²) >= 11 is 0. The van der Waals surface area contributed by atoms with E-state index < -0.39 is 74.2 Å². The average molecular weight is 978 g/mol. The monoisotopic (exact) mass is 978 g/mol. The normalized spacial score (nSPS) is 20.7. The van der Waals surface area contributed by atoms with Crippen LogP contribution in [-0.2, 0) is 14.3 Å². The number of ether oxygens (including phenoxy) is 2. The maximum atomic E-state index is 13.1. The number of hydrogen-bond acceptors (Lipinski definition) is 10. The second-order valence-electron chi connectivity index (χ2n) is 20.0. The summed E-state index contributed by atoms with van der Waals surface area (Å²) in [5.41, 5.74) is 0. The van der Waals surface area contributed by atoms with Crippen molar-refractivity contribution in [2.24, 2.45) is 0 Å². The molecule has 69 heavy (non-hydrogen) atoms. The average Bonchev–Trinajstić information content (AvgIpc) is 3.35. The summed E-state index contributed by atoms with van der Waals surface area (Å²) in [6.45, 7) is 3.37. The number of nitrogens with one attached hydrogen (secondary N) is 1. The summed E-state index contributed by atoms with van der Waals surface area (Å²) in [7, 11) is 0. The van der Waals surface area contributed by atoms with Crippen LogP contribution in [0.5, 0.6) is 0 Å². The fourth-order valence-electron chi connectivity index (χ4n) is 8.87. The summed E-state index contributed by atoms with van der Waals surface area (Å²) in [4.78, 5) is 13.1. The van der Waals surface area contributed by atoms with Gasteiger partial charge in [-0.1, -0.05) is 210 Å². The lowest BCUT2D eigenvalue weighted by atomic mass is 9.98. The molecular weight excluding hydrogens is 871 g/mol. The summed E-state index contributed by atoms with van der Waals surface area (Å²) in [5, 5.41) is 75.7. The Hall–Kier alpha value is -1.93. The number of hydrogen-bond donors (Lipinski definition) is 8. The second-order valence-corrected chi connectivity index (χ2v) is 20.0. The first kappa shape index (κ1) is 65.1. The van der Waals surface area contributed by atoms with E-state index in [2.05, 4.69) is 67.8 Å². The Balaban J connectivity index is 2.25. The highest BCUT2D eigenvalue weighted by Gasteiger charge is 2.44. The minimum Gasteiger partial charge on any atom is -0.394 e. The van der Waals surface area contributed by atoms with Crippen LogP contribution in [0.15, 0.2) is 48.6 Å². The molecule has 0 saturated carbocycles. The van der Waals surface area contributed by atoms with E-state index in [1.807, 2.05) is 0 Å². The van der Waals surface area contributed by atoms with Gasteiger partial charge in [-0.3, -0.25) is 4.79 Å². The second kappa shape index (κ2) is 47.1. The fraction of sp³-hybridized carbons (Fsp3) is 0.845. The number of amides is 1. The largest absolute Gasteiger partial charge is 0.394 e. The molecule has 0 aromatic heterocycles. The molecule has 1 saturated heterocycles. The lowest BCUT2D eigenvalue weighted by Crippen LogP contribution is -2.60. The Kier molecular flexibility index (Phi) is 44.4. The molecule has 1 rings (SSSR count). The first-order valence-electron chi connectivity index (χ1n) is 28.5. The molecule has 1 aliphatic heterocycles. The van der Waals surface area contributed by atoms with Crippen LogP contribution in [0.1, 0.15) is 245 Å². The molecule has 1 fully saturated rings. The number of unbranched alkanes of at least 4 members (excludes halogenated alkanes) is 28. The van der Waals surface area contributed by atoms with E-state index >= 15 is 0 Å². The molecule has 0 aliphatic carbocycles. The van der Waals surface area contributed by atoms with Crippen molar-refractivity contribution in [3.63, 3.8) is 0 Å². The van der Waals surface area contributed by atoms with Gasteiger partial charge in [0.1, 0.15) is 36.6 Å². The van der Waals surface area contributed by atoms with E-state index in [1.165, 1.54) is 141 Å². The summed E-state index contributed by atoms with van der Waals surface area (Å²) < 4.78 is 11.1. The van der Waals surface area contributed by atoms with Crippen LogP contribution in [0, 0.1) is 0 Å². The van der Waals surface area contributed by atoms with Crippen LogP contribution in [0.4, 0.5) is 0 Å². The van der Waals surface area contributed by atoms with Crippen molar-refractivity contribution in [3.8, 4) is 0 Å². The van der Waals surface area contributed by atoms with Crippen molar-refractivity contribution in [2.45, 2.75) is 300 Å². The molecule has 11 heteroatoms. The van der Waals surface area contributed by atoms with Gasteiger partial charge in [0.2, 0.25) is 5.91 Å². The quantitative estimate of drug-likeness (QED) is 0.0215. The zero-order valence-corrected chi connectivity index (χ0v) is 44.0. The van der Waals surface area contributed by atoms with Gasteiger partial charge in [-0.15, -0.1) is 0 Å². The van der Waals surface area contributed by atoms with Crippen molar-refractivity contribution >= 4 is 5.91 Å². The zero-order valence-electron chi connectivity index (χ0n) is 44.0. The molecule has 0 aromatic rings. The number of aliphatic hydroxyl groups is 7. The van der Waals surface area contributed by atoms with Gasteiger partial charge in [0, 0.05) is 0 Å². The van der Waals surface area contributed by atoms with Gasteiger partial charge in [0.25, 0.3) is 0 Å². The van der Waals surface area contributed by atoms with Crippen LogP contribution >= 0.6 is 0 Å². The van der Waals surface area contributed by atoms with Crippen molar-refractivity contribution in [2.75, 3.05) is 13.2 Å². The Bertz CT molecular complexity index is 1260. The molecule has 9 atom stereocenters. The van der Waals surface area contributed by atoms with E-state index in [-0.39, 0.29) is 12.8 Å². The van der Waals surface area contributed by atoms with E-state index in [1.54, 1.807) is 0 Å². The van der Waals surface area contributed by atoms with Gasteiger partial charge in [-0.25, -0.2) is 0 Å². The van der Waals surface area contributed by atoms with Crippen molar-refractivity contribution in [3.05, 3.63) is 48.6 Å². The standard InChI is InChI=1S/C58H107NO10/c1-3-5-7-9-11-13-15-16-17-18-19-20-21-22-23-24-25-26-27-28-29-30-31-32-33-34-35-36-38-39-41-43-45-50(61)53(63)49(48-68-58-56(66)55(65)54(64)52(47-60)69-58)59-57(67)51(62)46-44-42-40-37-14-12-10-8-6-4-2/h10,12,29-30,33-34,38-39,49-56,58,60-66H,3-9,11,13-28,31-32,35-37,40-48H2,1-2H3,(H,59,67)/b12-10-,30-29+,34-33+,39-38+. The minimum atomic E-state index is -1.68. The minimum absolute atomic E-state index is 0.232. The highest BCUT2D eigenvalue weighted by molar-refractivity contribution is 5.80. The molecule has 0 bridgehead atoms. The van der Waals surface area contributed by atoms with Gasteiger partial charge in [0.05, 0.1) is 25.4 Å². The van der Waals surface area contributed by atoms with E-state index in [0.29, 0.717) is 19.3 Å². The molecule has 9 unspecified atom stereocenters. The van der Waals surface area contributed by atoms with Gasteiger partial charge >= 0.3 is 0 Å². The van der Waals surface area contributed by atoms with Crippen LogP contribution in [0.3, 0.4) is 0 Å². The zero-order chi connectivity index (χ0) is 50.4. The molecular formula is C58H107NO10. The molecule has 8 N–H and O–H groups in total. The first-order valence-corrected chi connectivity index (χ1v) is 28.5. The van der Waals surface area contributed by atoms with E-state index in [0.717, 1.165) is 57.8 Å². The van der Waals surface area contributed by atoms with Gasteiger partial charge < -0.3 is 50.5 Å². The molecule has 1 amide bonds. The molecule has 11 nitrogen and oxygen atoms in total. The predicted octanol–water partition coefficient (Wildman–Crippen LogP) is 11.7. The Morgan fingerprint density at radius 1 is 0.493 bits per heavy atom. The smallest absolute Gasteiger partial charge is 0.249 e. The summed E-state index contributed by atoms with van der Waals surface area (Å²) in [6.07, 6.45) is 47.8. The van der Waals surface area contributed by atoms with Crippen LogP contribution in [0.25, 0.3) is 0 Å². The SMILES string of the molecule is CCCC/C=C\CCCCCCC(O)C(=O)NC(COC1OC(CO)C(O)C(O)C1O)C(O)C(O)CCC/C=C/CC/C=C/CC/C=C/CCCCCCCCCCCCCCCCCCCCC. The van der Waals surface area contributed by atoms with Gasteiger partial charge in [-0.05, 0) is 83.5 Å². The van der Waals surface area contributed by atoms with Crippen LogP contribution in [0.2, 0.25) is 0 Å². The third kappa shape index (κ3) is 35.8. The third-order valence-electron chi connectivity index (χ3n) is 13.6. The molecule has 0 spiro atoms. The first-order chi connectivity index (χ1) is 33.7. The van der Waals surface area contributed by atoms with Gasteiger partial charge in [-0.2, -0.15) is 0 Å². The lowest BCUT2D eigenvalue weighted by Gasteiger charge is -2.40. The van der Waals surface area contributed by atoms with Crippen molar-refractivity contribution < 1.29 is 50.0 Å². The maximum absolute atomic E-state index is 13.1. The van der Waals surface area contributed by atoms with Crippen molar-refractivity contribution in [1.29, 1.82) is 0 Å².